The number of rotatable bonds is 2. The highest BCUT2D eigenvalue weighted by molar-refractivity contribution is 6.31. The van der Waals surface area contributed by atoms with Crippen LogP contribution in [0.5, 0.6) is 0 Å². The van der Waals surface area contributed by atoms with E-state index in [1.165, 1.54) is 12.1 Å². The highest BCUT2D eigenvalue weighted by Gasteiger charge is 2.12. The molecule has 4 nitrogen and oxygen atoms in total. The number of hydrogen-bond donors (Lipinski definition) is 2. The molecule has 1 amide bonds. The summed E-state index contributed by atoms with van der Waals surface area (Å²) in [4.78, 5) is 14.7. The smallest absolute Gasteiger partial charge is 0.248 e. The Hall–Kier alpha value is -1.62. The maximum absolute atomic E-state index is 12.8. The van der Waals surface area contributed by atoms with Gasteiger partial charge in [0.1, 0.15) is 12.4 Å². The maximum atomic E-state index is 12.8. The van der Waals surface area contributed by atoms with Crippen LogP contribution in [0.2, 0.25) is 5.02 Å². The first-order chi connectivity index (χ1) is 7.65. The van der Waals surface area contributed by atoms with E-state index in [4.69, 9.17) is 11.6 Å². The second-order valence-electron chi connectivity index (χ2n) is 3.30. The minimum Gasteiger partial charge on any atom is -0.352 e. The molecule has 1 aliphatic rings. The standard InChI is InChI=1S/C10H9ClFN3O/c11-8-3-7(12)2-1-6(8)4-13-10-14-5-9(16)15-10/h1-3H,4-5H2,(H2,13,14,15,16). The van der Waals surface area contributed by atoms with Crippen LogP contribution in [0.25, 0.3) is 0 Å². The van der Waals surface area contributed by atoms with Crippen molar-refractivity contribution in [1.29, 1.82) is 0 Å². The molecule has 0 atom stereocenters. The number of nitrogens with one attached hydrogen (secondary N) is 2. The number of halogens is 2. The highest BCUT2D eigenvalue weighted by atomic mass is 35.5. The van der Waals surface area contributed by atoms with Crippen molar-refractivity contribution in [3.8, 4) is 0 Å². The van der Waals surface area contributed by atoms with Crippen molar-refractivity contribution in [2.75, 3.05) is 6.54 Å². The van der Waals surface area contributed by atoms with Crippen LogP contribution in [0.15, 0.2) is 23.2 Å². The molecule has 1 heterocycles. The highest BCUT2D eigenvalue weighted by Crippen LogP contribution is 2.16. The van der Waals surface area contributed by atoms with Crippen molar-refractivity contribution in [2.24, 2.45) is 4.99 Å². The molecular weight excluding hydrogens is 233 g/mol. The van der Waals surface area contributed by atoms with Crippen molar-refractivity contribution in [2.45, 2.75) is 6.54 Å². The molecular formula is C10H9ClFN3O. The zero-order chi connectivity index (χ0) is 11.5. The van der Waals surface area contributed by atoms with E-state index in [1.807, 2.05) is 0 Å². The fraction of sp³-hybridized carbons (Fsp3) is 0.200. The molecule has 1 aromatic carbocycles. The van der Waals surface area contributed by atoms with E-state index in [0.29, 0.717) is 17.5 Å². The molecule has 0 radical (unpaired) electrons. The molecule has 6 heteroatoms. The van der Waals surface area contributed by atoms with E-state index in [1.54, 1.807) is 6.07 Å². The van der Waals surface area contributed by atoms with Crippen molar-refractivity contribution < 1.29 is 9.18 Å². The molecule has 0 aliphatic carbocycles. The summed E-state index contributed by atoms with van der Waals surface area (Å²) in [5.74, 6) is -0.0987. The van der Waals surface area contributed by atoms with Crippen molar-refractivity contribution in [3.63, 3.8) is 0 Å². The minimum atomic E-state index is -0.375. The van der Waals surface area contributed by atoms with Gasteiger partial charge in [-0.25, -0.2) is 9.38 Å². The molecule has 0 unspecified atom stereocenters. The second-order valence-corrected chi connectivity index (χ2v) is 3.71. The predicted octanol–water partition coefficient (Wildman–Crippen LogP) is 1.05. The van der Waals surface area contributed by atoms with Crippen LogP contribution in [0, 0.1) is 5.82 Å². The molecule has 0 fully saturated rings. The van der Waals surface area contributed by atoms with Gasteiger partial charge in [-0.2, -0.15) is 0 Å². The van der Waals surface area contributed by atoms with Crippen LogP contribution < -0.4 is 10.6 Å². The number of guanidine groups is 1. The van der Waals surface area contributed by atoms with Crippen molar-refractivity contribution in [1.82, 2.24) is 10.6 Å². The number of aliphatic imine (C=N–C) groups is 1. The van der Waals surface area contributed by atoms with Crippen LogP contribution in [0.4, 0.5) is 4.39 Å². The third-order valence-electron chi connectivity index (χ3n) is 2.10. The lowest BCUT2D eigenvalue weighted by Gasteiger charge is -2.07. The zero-order valence-electron chi connectivity index (χ0n) is 8.26. The summed E-state index contributed by atoms with van der Waals surface area (Å²) in [5.41, 5.74) is 0.743. The SMILES string of the molecule is O=C1CN=C(NCc2ccc(F)cc2Cl)N1. The molecule has 0 bridgehead atoms. The van der Waals surface area contributed by atoms with Crippen LogP contribution in [0.3, 0.4) is 0 Å². The van der Waals surface area contributed by atoms with Gasteiger partial charge < -0.3 is 5.32 Å². The number of carbonyl (C=O) groups is 1. The molecule has 0 spiro atoms. The van der Waals surface area contributed by atoms with Gasteiger partial charge in [0.15, 0.2) is 5.96 Å². The van der Waals surface area contributed by atoms with E-state index < -0.39 is 0 Å². The number of hydrogen-bond acceptors (Lipinski definition) is 3. The zero-order valence-corrected chi connectivity index (χ0v) is 9.01. The summed E-state index contributed by atoms with van der Waals surface area (Å²) in [6.07, 6.45) is 0. The Kier molecular flexibility index (Phi) is 3.05. The molecule has 1 aromatic rings. The minimum absolute atomic E-state index is 0.138. The monoisotopic (exact) mass is 241 g/mol. The molecule has 84 valence electrons. The average molecular weight is 242 g/mol. The van der Waals surface area contributed by atoms with Crippen LogP contribution >= 0.6 is 11.6 Å². The van der Waals surface area contributed by atoms with Gasteiger partial charge in [-0.15, -0.1) is 0 Å². The number of nitrogens with zero attached hydrogens (tertiary/aromatic N) is 1. The van der Waals surface area contributed by atoms with Crippen molar-refractivity contribution in [3.05, 3.63) is 34.6 Å². The van der Waals surface area contributed by atoms with E-state index in [0.717, 1.165) is 5.56 Å². The topological polar surface area (TPSA) is 53.5 Å². The normalized spacial score (nSPS) is 14.6. The Morgan fingerprint density at radius 2 is 2.38 bits per heavy atom. The third-order valence-corrected chi connectivity index (χ3v) is 2.45. The molecule has 0 saturated heterocycles. The molecule has 1 aliphatic heterocycles. The van der Waals surface area contributed by atoms with Gasteiger partial charge in [0.2, 0.25) is 5.91 Å². The summed E-state index contributed by atoms with van der Waals surface area (Å²) in [5, 5.41) is 5.78. The number of benzene rings is 1. The van der Waals surface area contributed by atoms with E-state index in [2.05, 4.69) is 15.6 Å². The number of amides is 1. The van der Waals surface area contributed by atoms with E-state index >= 15 is 0 Å². The lowest BCUT2D eigenvalue weighted by atomic mass is 10.2. The van der Waals surface area contributed by atoms with Gasteiger partial charge in [0.25, 0.3) is 0 Å². The van der Waals surface area contributed by atoms with Crippen molar-refractivity contribution >= 4 is 23.5 Å². The van der Waals surface area contributed by atoms with Gasteiger partial charge in [0, 0.05) is 11.6 Å². The summed E-state index contributed by atoms with van der Waals surface area (Å²) >= 11 is 5.84. The Labute approximate surface area is 96.5 Å². The van der Waals surface area contributed by atoms with Crippen LogP contribution in [-0.2, 0) is 11.3 Å². The molecule has 2 N–H and O–H groups in total. The summed E-state index contributed by atoms with van der Waals surface area (Å²) in [6, 6.07) is 4.16. The maximum Gasteiger partial charge on any atom is 0.248 e. The molecule has 0 saturated carbocycles. The molecule has 0 aromatic heterocycles. The van der Waals surface area contributed by atoms with Crippen LogP contribution in [0.1, 0.15) is 5.56 Å². The average Bonchev–Trinajstić information content (AvgIpc) is 2.63. The second kappa shape index (κ2) is 4.49. The Bertz CT molecular complexity index is 461. The van der Waals surface area contributed by atoms with E-state index in [9.17, 15) is 9.18 Å². The lowest BCUT2D eigenvalue weighted by Crippen LogP contribution is -2.35. The van der Waals surface area contributed by atoms with Gasteiger partial charge in [-0.1, -0.05) is 17.7 Å². The predicted molar refractivity (Wildman–Crippen MR) is 58.7 cm³/mol. The summed E-state index contributed by atoms with van der Waals surface area (Å²) < 4.78 is 12.8. The van der Waals surface area contributed by atoms with Gasteiger partial charge in [-0.05, 0) is 17.7 Å². The van der Waals surface area contributed by atoms with Gasteiger partial charge in [-0.3, -0.25) is 10.1 Å². The molecule has 16 heavy (non-hydrogen) atoms. The first-order valence-corrected chi connectivity index (χ1v) is 5.05. The fourth-order valence-corrected chi connectivity index (χ4v) is 1.54. The van der Waals surface area contributed by atoms with Gasteiger partial charge >= 0.3 is 0 Å². The van der Waals surface area contributed by atoms with Crippen LogP contribution in [-0.4, -0.2) is 18.4 Å². The first-order valence-electron chi connectivity index (χ1n) is 4.67. The Morgan fingerprint density at radius 1 is 1.56 bits per heavy atom. The Morgan fingerprint density at radius 3 is 3.00 bits per heavy atom. The van der Waals surface area contributed by atoms with Gasteiger partial charge in [0.05, 0.1) is 0 Å². The lowest BCUT2D eigenvalue weighted by molar-refractivity contribution is -0.117. The number of carbonyl (C=O) groups excluding carboxylic acids is 1. The summed E-state index contributed by atoms with van der Waals surface area (Å²) in [7, 11) is 0. The Balaban J connectivity index is 1.97. The van der Waals surface area contributed by atoms with E-state index in [-0.39, 0.29) is 18.3 Å². The molecule has 2 rings (SSSR count). The third kappa shape index (κ3) is 2.49. The quantitative estimate of drug-likeness (QED) is 0.813. The fourth-order valence-electron chi connectivity index (χ4n) is 1.31. The first kappa shape index (κ1) is 10.9. The summed E-state index contributed by atoms with van der Waals surface area (Å²) in [6.45, 7) is 0.526. The largest absolute Gasteiger partial charge is 0.352 e.